The van der Waals surface area contributed by atoms with Crippen molar-refractivity contribution in [1.29, 1.82) is 0 Å². The van der Waals surface area contributed by atoms with E-state index < -0.39 is 5.82 Å². The second-order valence-electron chi connectivity index (χ2n) is 5.91. The number of phenols is 1. The first kappa shape index (κ1) is 21.2. The van der Waals surface area contributed by atoms with Crippen LogP contribution in [0.25, 0.3) is 0 Å². The number of benzene rings is 2. The fourth-order valence-electron chi connectivity index (χ4n) is 2.41. The van der Waals surface area contributed by atoms with Crippen molar-refractivity contribution >= 4 is 29.9 Å². The predicted molar refractivity (Wildman–Crippen MR) is 111 cm³/mol. The van der Waals surface area contributed by atoms with Crippen LogP contribution in [0.15, 0.2) is 47.5 Å². The number of phenolic OH excluding ortho intramolecular Hbond substituents is 1. The summed E-state index contributed by atoms with van der Waals surface area (Å²) in [6, 6.07) is 12.8. The molecule has 25 heavy (non-hydrogen) atoms. The van der Waals surface area contributed by atoms with Crippen molar-refractivity contribution in [2.75, 3.05) is 13.6 Å². The second kappa shape index (κ2) is 10.2. The van der Waals surface area contributed by atoms with Crippen LogP contribution in [0.2, 0.25) is 0 Å². The Labute approximate surface area is 165 Å². The molecule has 1 atom stereocenters. The highest BCUT2D eigenvalue weighted by molar-refractivity contribution is 14.0. The van der Waals surface area contributed by atoms with Gasteiger partial charge in [0.25, 0.3) is 0 Å². The molecule has 136 valence electrons. The maximum absolute atomic E-state index is 13.3. The molecule has 0 bridgehead atoms. The van der Waals surface area contributed by atoms with Gasteiger partial charge in [-0.3, -0.25) is 4.99 Å². The summed E-state index contributed by atoms with van der Waals surface area (Å²) in [6.45, 7) is 5.41. The van der Waals surface area contributed by atoms with E-state index in [0.717, 1.165) is 12.1 Å². The zero-order valence-electron chi connectivity index (χ0n) is 14.7. The molecular weight excluding hydrogens is 432 g/mol. The number of halogens is 2. The van der Waals surface area contributed by atoms with Gasteiger partial charge in [-0.05, 0) is 36.1 Å². The summed E-state index contributed by atoms with van der Waals surface area (Å²) in [7, 11) is 1.70. The van der Waals surface area contributed by atoms with E-state index in [1.165, 1.54) is 23.3 Å². The Kier molecular flexibility index (Phi) is 8.68. The maximum atomic E-state index is 13.3. The number of nitrogens with zero attached hydrogens (tertiary/aromatic N) is 1. The normalized spacial score (nSPS) is 12.2. The summed E-state index contributed by atoms with van der Waals surface area (Å²) in [5.41, 5.74) is 3.26. The van der Waals surface area contributed by atoms with E-state index >= 15 is 0 Å². The minimum Gasteiger partial charge on any atom is -0.505 e. The molecule has 0 aliphatic rings. The van der Waals surface area contributed by atoms with Gasteiger partial charge in [-0.25, -0.2) is 4.39 Å². The molecule has 0 saturated heterocycles. The molecule has 1 unspecified atom stereocenters. The molecule has 3 N–H and O–H groups in total. The van der Waals surface area contributed by atoms with Crippen molar-refractivity contribution < 1.29 is 9.50 Å². The highest BCUT2D eigenvalue weighted by Gasteiger charge is 2.07. The number of nitrogens with one attached hydrogen (secondary N) is 2. The van der Waals surface area contributed by atoms with Gasteiger partial charge in [-0.15, -0.1) is 24.0 Å². The third-order valence-corrected chi connectivity index (χ3v) is 3.88. The number of aromatic hydroxyl groups is 1. The molecule has 0 heterocycles. The van der Waals surface area contributed by atoms with E-state index in [0.29, 0.717) is 18.4 Å². The zero-order chi connectivity index (χ0) is 17.5. The van der Waals surface area contributed by atoms with E-state index in [4.69, 9.17) is 0 Å². The standard InChI is InChI=1S/C19H24FN3O.HI/c1-13-5-4-6-16(9-13)14(2)11-22-19(21-3)23-12-15-7-8-18(24)17(20)10-15;/h4-10,14,24H,11-12H2,1-3H3,(H2,21,22,23);1H. The quantitative estimate of drug-likeness (QED) is 0.363. The number of rotatable bonds is 5. The predicted octanol–water partition coefficient (Wildman–Crippen LogP) is 3.93. The summed E-state index contributed by atoms with van der Waals surface area (Å²) in [5.74, 6) is 0.0381. The summed E-state index contributed by atoms with van der Waals surface area (Å²) < 4.78 is 13.3. The summed E-state index contributed by atoms with van der Waals surface area (Å²) in [4.78, 5) is 4.18. The van der Waals surface area contributed by atoms with E-state index in [9.17, 15) is 9.50 Å². The number of aliphatic imine (C=N–C) groups is 1. The summed E-state index contributed by atoms with van der Waals surface area (Å²) >= 11 is 0. The lowest BCUT2D eigenvalue weighted by molar-refractivity contribution is 0.431. The molecule has 0 aromatic heterocycles. The van der Waals surface area contributed by atoms with Gasteiger partial charge in [-0.2, -0.15) is 0 Å². The van der Waals surface area contributed by atoms with Crippen LogP contribution in [0.4, 0.5) is 4.39 Å². The zero-order valence-corrected chi connectivity index (χ0v) is 17.0. The summed E-state index contributed by atoms with van der Waals surface area (Å²) in [6.07, 6.45) is 0. The van der Waals surface area contributed by atoms with Crippen molar-refractivity contribution in [2.24, 2.45) is 4.99 Å². The third-order valence-electron chi connectivity index (χ3n) is 3.88. The molecule has 0 radical (unpaired) electrons. The summed E-state index contributed by atoms with van der Waals surface area (Å²) in [5, 5.41) is 15.6. The average molecular weight is 457 g/mol. The van der Waals surface area contributed by atoms with Crippen LogP contribution in [0.1, 0.15) is 29.5 Å². The first-order valence-electron chi connectivity index (χ1n) is 7.98. The lowest BCUT2D eigenvalue weighted by Crippen LogP contribution is -2.38. The van der Waals surface area contributed by atoms with Crippen LogP contribution >= 0.6 is 24.0 Å². The Morgan fingerprint density at radius 1 is 1.20 bits per heavy atom. The second-order valence-corrected chi connectivity index (χ2v) is 5.91. The third kappa shape index (κ3) is 6.53. The monoisotopic (exact) mass is 457 g/mol. The van der Waals surface area contributed by atoms with Crippen LogP contribution in [-0.2, 0) is 6.54 Å². The molecule has 2 aromatic rings. The van der Waals surface area contributed by atoms with Gasteiger partial charge in [0.05, 0.1) is 0 Å². The largest absolute Gasteiger partial charge is 0.505 e. The van der Waals surface area contributed by atoms with Crippen LogP contribution in [0.3, 0.4) is 0 Å². The lowest BCUT2D eigenvalue weighted by atomic mass is 9.99. The molecule has 6 heteroatoms. The molecule has 0 fully saturated rings. The molecule has 2 aromatic carbocycles. The minimum absolute atomic E-state index is 0. The molecule has 2 rings (SSSR count). The fourth-order valence-corrected chi connectivity index (χ4v) is 2.41. The van der Waals surface area contributed by atoms with Crippen molar-refractivity contribution in [2.45, 2.75) is 26.3 Å². The molecule has 0 amide bonds. The molecule has 0 spiro atoms. The first-order chi connectivity index (χ1) is 11.5. The van der Waals surface area contributed by atoms with Gasteiger partial charge in [0.1, 0.15) is 0 Å². The Balaban J connectivity index is 0.00000312. The average Bonchev–Trinajstić information content (AvgIpc) is 2.57. The number of hydrogen-bond donors (Lipinski definition) is 3. The van der Waals surface area contributed by atoms with Gasteiger partial charge in [0, 0.05) is 20.1 Å². The lowest BCUT2D eigenvalue weighted by Gasteiger charge is -2.17. The number of aryl methyl sites for hydroxylation is 1. The number of hydrogen-bond acceptors (Lipinski definition) is 2. The van der Waals surface area contributed by atoms with E-state index in [-0.39, 0.29) is 29.7 Å². The molecule has 0 aliphatic carbocycles. The highest BCUT2D eigenvalue weighted by atomic mass is 127. The first-order valence-corrected chi connectivity index (χ1v) is 7.98. The smallest absolute Gasteiger partial charge is 0.191 e. The van der Waals surface area contributed by atoms with Crippen molar-refractivity contribution in [3.05, 3.63) is 65.0 Å². The van der Waals surface area contributed by atoms with Crippen LogP contribution in [0.5, 0.6) is 5.75 Å². The molecule has 0 saturated carbocycles. The Hall–Kier alpha value is -1.83. The van der Waals surface area contributed by atoms with Crippen molar-refractivity contribution in [1.82, 2.24) is 10.6 Å². The Morgan fingerprint density at radius 3 is 2.60 bits per heavy atom. The van der Waals surface area contributed by atoms with Gasteiger partial charge in [-0.1, -0.05) is 42.8 Å². The Bertz CT molecular complexity index is 722. The molecular formula is C19H25FIN3O. The highest BCUT2D eigenvalue weighted by Crippen LogP contribution is 2.16. The molecule has 0 aliphatic heterocycles. The van der Waals surface area contributed by atoms with E-state index in [1.54, 1.807) is 13.1 Å². The van der Waals surface area contributed by atoms with Crippen LogP contribution < -0.4 is 10.6 Å². The molecule has 4 nitrogen and oxygen atoms in total. The van der Waals surface area contributed by atoms with Crippen LogP contribution in [-0.4, -0.2) is 24.7 Å². The van der Waals surface area contributed by atoms with E-state index in [2.05, 4.69) is 53.7 Å². The van der Waals surface area contributed by atoms with Gasteiger partial charge < -0.3 is 15.7 Å². The van der Waals surface area contributed by atoms with Crippen molar-refractivity contribution in [3.8, 4) is 5.75 Å². The van der Waals surface area contributed by atoms with Crippen LogP contribution in [0, 0.1) is 12.7 Å². The van der Waals surface area contributed by atoms with Gasteiger partial charge in [0.15, 0.2) is 17.5 Å². The van der Waals surface area contributed by atoms with Crippen molar-refractivity contribution in [3.63, 3.8) is 0 Å². The minimum atomic E-state index is -0.620. The topological polar surface area (TPSA) is 56.7 Å². The Morgan fingerprint density at radius 2 is 1.96 bits per heavy atom. The van der Waals surface area contributed by atoms with Gasteiger partial charge >= 0.3 is 0 Å². The maximum Gasteiger partial charge on any atom is 0.191 e. The SMILES string of the molecule is CN=C(NCc1ccc(O)c(F)c1)NCC(C)c1cccc(C)c1.I. The number of guanidine groups is 1. The van der Waals surface area contributed by atoms with Gasteiger partial charge in [0.2, 0.25) is 0 Å². The van der Waals surface area contributed by atoms with E-state index in [1.807, 2.05) is 0 Å². The fraction of sp³-hybridized carbons (Fsp3) is 0.316.